The maximum absolute atomic E-state index is 10.7. The van der Waals surface area contributed by atoms with Crippen LogP contribution in [0.5, 0.6) is 11.5 Å². The van der Waals surface area contributed by atoms with E-state index in [2.05, 4.69) is 6.07 Å². The van der Waals surface area contributed by atoms with Gasteiger partial charge in [0.1, 0.15) is 23.1 Å². The van der Waals surface area contributed by atoms with Crippen LogP contribution in [0.4, 0.5) is 0 Å². The summed E-state index contributed by atoms with van der Waals surface area (Å²) in [4.78, 5) is 0. The second-order valence-corrected chi connectivity index (χ2v) is 6.27. The zero-order valence-electron chi connectivity index (χ0n) is 13.0. The standard InChI is InChI=1S/C20H13ClN2O2/c21-13-7-5-11(6-8-13)17-15(10-22)20(23)25-19-14-4-2-1-3-12(14)9-16(24)18(17)19/h1-9,17,24H,23H2/t17-/m0/s1. The largest absolute Gasteiger partial charge is 0.507 e. The molecule has 0 amide bonds. The Kier molecular flexibility index (Phi) is 3.52. The second-order valence-electron chi connectivity index (χ2n) is 5.84. The third-order valence-corrected chi connectivity index (χ3v) is 4.65. The molecule has 5 heteroatoms. The van der Waals surface area contributed by atoms with Crippen LogP contribution in [0.15, 0.2) is 66.1 Å². The van der Waals surface area contributed by atoms with Crippen LogP contribution in [0, 0.1) is 11.3 Å². The summed E-state index contributed by atoms with van der Waals surface area (Å²) in [6.07, 6.45) is 0. The molecule has 0 fully saturated rings. The molecule has 0 bridgehead atoms. The highest BCUT2D eigenvalue weighted by Crippen LogP contribution is 2.49. The van der Waals surface area contributed by atoms with Crippen molar-refractivity contribution in [2.24, 2.45) is 5.73 Å². The number of aromatic hydroxyl groups is 1. The predicted octanol–water partition coefficient (Wildman–Crippen LogP) is 4.42. The number of ether oxygens (including phenoxy) is 1. The van der Waals surface area contributed by atoms with Gasteiger partial charge in [-0.15, -0.1) is 0 Å². The third kappa shape index (κ3) is 2.37. The highest BCUT2D eigenvalue weighted by atomic mass is 35.5. The normalized spacial score (nSPS) is 16.2. The quantitative estimate of drug-likeness (QED) is 0.682. The van der Waals surface area contributed by atoms with Crippen molar-refractivity contribution in [2.75, 3.05) is 0 Å². The van der Waals surface area contributed by atoms with Crippen molar-refractivity contribution in [3.63, 3.8) is 0 Å². The van der Waals surface area contributed by atoms with Crippen LogP contribution < -0.4 is 10.5 Å². The molecular formula is C20H13ClN2O2. The Bertz CT molecular complexity index is 1070. The minimum Gasteiger partial charge on any atom is -0.507 e. The number of rotatable bonds is 1. The number of allylic oxidation sites excluding steroid dienone is 1. The third-order valence-electron chi connectivity index (χ3n) is 4.40. The molecule has 3 aromatic carbocycles. The van der Waals surface area contributed by atoms with Gasteiger partial charge in [-0.25, -0.2) is 0 Å². The fourth-order valence-electron chi connectivity index (χ4n) is 3.26. The number of fused-ring (bicyclic) bond motifs is 3. The summed E-state index contributed by atoms with van der Waals surface area (Å²) in [5, 5.41) is 22.5. The molecule has 0 radical (unpaired) electrons. The number of hydrogen-bond acceptors (Lipinski definition) is 4. The maximum Gasteiger partial charge on any atom is 0.205 e. The Balaban J connectivity index is 2.06. The first-order valence-corrected chi connectivity index (χ1v) is 8.05. The Morgan fingerprint density at radius 2 is 1.84 bits per heavy atom. The summed E-state index contributed by atoms with van der Waals surface area (Å²) in [6.45, 7) is 0. The highest BCUT2D eigenvalue weighted by molar-refractivity contribution is 6.30. The average Bonchev–Trinajstić information content (AvgIpc) is 2.61. The van der Waals surface area contributed by atoms with Crippen LogP contribution in [-0.2, 0) is 0 Å². The number of nitriles is 1. The van der Waals surface area contributed by atoms with E-state index >= 15 is 0 Å². The first-order chi connectivity index (χ1) is 12.1. The summed E-state index contributed by atoms with van der Waals surface area (Å²) in [7, 11) is 0. The number of nitrogens with zero attached hydrogens (tertiary/aromatic N) is 1. The number of phenolic OH excluding ortho intramolecular Hbond substituents is 1. The van der Waals surface area contributed by atoms with Crippen LogP contribution in [0.3, 0.4) is 0 Å². The first kappa shape index (κ1) is 15.4. The van der Waals surface area contributed by atoms with Gasteiger partial charge in [-0.05, 0) is 29.1 Å². The van der Waals surface area contributed by atoms with E-state index in [9.17, 15) is 10.4 Å². The van der Waals surface area contributed by atoms with Gasteiger partial charge in [0.2, 0.25) is 5.88 Å². The van der Waals surface area contributed by atoms with Gasteiger partial charge in [0, 0.05) is 10.4 Å². The zero-order chi connectivity index (χ0) is 17.6. The van der Waals surface area contributed by atoms with Crippen LogP contribution in [0.25, 0.3) is 10.8 Å². The average molecular weight is 349 g/mol. The van der Waals surface area contributed by atoms with E-state index in [-0.39, 0.29) is 17.2 Å². The summed E-state index contributed by atoms with van der Waals surface area (Å²) in [5.74, 6) is 0.0716. The van der Waals surface area contributed by atoms with Gasteiger partial charge in [0.15, 0.2) is 0 Å². The van der Waals surface area contributed by atoms with Gasteiger partial charge >= 0.3 is 0 Å². The molecule has 3 N–H and O–H groups in total. The van der Waals surface area contributed by atoms with E-state index in [0.717, 1.165) is 16.3 Å². The van der Waals surface area contributed by atoms with Gasteiger partial charge in [-0.3, -0.25) is 0 Å². The fraction of sp³-hybridized carbons (Fsp3) is 0.0500. The number of nitrogens with two attached hydrogens (primary N) is 1. The molecule has 1 heterocycles. The van der Waals surface area contributed by atoms with E-state index in [4.69, 9.17) is 22.1 Å². The van der Waals surface area contributed by atoms with Gasteiger partial charge in [0.25, 0.3) is 0 Å². The van der Waals surface area contributed by atoms with E-state index in [1.54, 1.807) is 18.2 Å². The number of hydrogen-bond donors (Lipinski definition) is 2. The number of halogens is 1. The SMILES string of the molecule is N#CC1=C(N)Oc2c(c(O)cc3ccccc23)[C@H]1c1ccc(Cl)cc1. The van der Waals surface area contributed by atoms with Crippen molar-refractivity contribution in [1.29, 1.82) is 5.26 Å². The van der Waals surface area contributed by atoms with Crippen molar-refractivity contribution in [3.8, 4) is 17.6 Å². The summed E-state index contributed by atoms with van der Waals surface area (Å²) < 4.78 is 5.75. The lowest BCUT2D eigenvalue weighted by Gasteiger charge is -2.28. The lowest BCUT2D eigenvalue weighted by molar-refractivity contribution is 0.387. The lowest BCUT2D eigenvalue weighted by atomic mass is 9.82. The van der Waals surface area contributed by atoms with Crippen molar-refractivity contribution in [1.82, 2.24) is 0 Å². The monoisotopic (exact) mass is 348 g/mol. The Hall–Kier alpha value is -3.16. The van der Waals surface area contributed by atoms with Crippen molar-refractivity contribution in [3.05, 3.63) is 82.2 Å². The highest BCUT2D eigenvalue weighted by Gasteiger charge is 2.34. The zero-order valence-corrected chi connectivity index (χ0v) is 13.8. The fourth-order valence-corrected chi connectivity index (χ4v) is 3.39. The molecule has 0 saturated heterocycles. The molecule has 1 aliphatic rings. The Morgan fingerprint density at radius 3 is 2.56 bits per heavy atom. The van der Waals surface area contributed by atoms with Crippen LogP contribution in [-0.4, -0.2) is 5.11 Å². The van der Waals surface area contributed by atoms with Gasteiger partial charge < -0.3 is 15.6 Å². The molecule has 4 rings (SSSR count). The molecule has 0 spiro atoms. The summed E-state index contributed by atoms with van der Waals surface area (Å²) >= 11 is 5.98. The van der Waals surface area contributed by atoms with E-state index in [0.29, 0.717) is 16.3 Å². The molecular weight excluding hydrogens is 336 g/mol. The first-order valence-electron chi connectivity index (χ1n) is 7.68. The predicted molar refractivity (Wildman–Crippen MR) is 96.4 cm³/mol. The Labute approximate surface area is 149 Å². The second kappa shape index (κ2) is 5.73. The molecule has 0 aromatic heterocycles. The molecule has 3 aromatic rings. The summed E-state index contributed by atoms with van der Waals surface area (Å²) in [5.41, 5.74) is 7.63. The van der Waals surface area contributed by atoms with Crippen molar-refractivity contribution in [2.45, 2.75) is 5.92 Å². The van der Waals surface area contributed by atoms with Crippen LogP contribution >= 0.6 is 11.6 Å². The Morgan fingerprint density at radius 1 is 1.12 bits per heavy atom. The van der Waals surface area contributed by atoms with Crippen molar-refractivity contribution >= 4 is 22.4 Å². The molecule has 0 saturated carbocycles. The van der Waals surface area contributed by atoms with Crippen LogP contribution in [0.2, 0.25) is 5.02 Å². The smallest absolute Gasteiger partial charge is 0.205 e. The molecule has 4 nitrogen and oxygen atoms in total. The summed E-state index contributed by atoms with van der Waals surface area (Å²) in [6, 6.07) is 18.5. The number of phenols is 1. The van der Waals surface area contributed by atoms with Gasteiger partial charge in [0.05, 0.1) is 11.5 Å². The van der Waals surface area contributed by atoms with Gasteiger partial charge in [-0.2, -0.15) is 5.26 Å². The minimum absolute atomic E-state index is 0.0469. The van der Waals surface area contributed by atoms with Crippen LogP contribution in [0.1, 0.15) is 17.0 Å². The lowest BCUT2D eigenvalue weighted by Crippen LogP contribution is -2.21. The van der Waals surface area contributed by atoms with Gasteiger partial charge in [-0.1, -0.05) is 48.0 Å². The number of benzene rings is 3. The molecule has 1 atom stereocenters. The maximum atomic E-state index is 10.7. The van der Waals surface area contributed by atoms with E-state index in [1.807, 2.05) is 36.4 Å². The minimum atomic E-state index is -0.518. The van der Waals surface area contributed by atoms with Crippen molar-refractivity contribution < 1.29 is 9.84 Å². The molecule has 122 valence electrons. The molecule has 0 unspecified atom stereocenters. The van der Waals surface area contributed by atoms with E-state index < -0.39 is 5.92 Å². The molecule has 25 heavy (non-hydrogen) atoms. The molecule has 0 aliphatic carbocycles. The molecule has 1 aliphatic heterocycles. The van der Waals surface area contributed by atoms with E-state index in [1.165, 1.54) is 0 Å². The topological polar surface area (TPSA) is 79.3 Å².